The van der Waals surface area contributed by atoms with E-state index in [1.165, 1.54) is 0 Å². The first-order valence-corrected chi connectivity index (χ1v) is 20.1. The first kappa shape index (κ1) is 29.0. The molecule has 1 unspecified atom stereocenters. The van der Waals surface area contributed by atoms with Crippen LogP contribution in [0.1, 0.15) is 51.5 Å². The number of carbonyl (C=O) groups excluding carboxylic acids is 1. The van der Waals surface area contributed by atoms with Crippen molar-refractivity contribution >= 4 is 45.5 Å². The van der Waals surface area contributed by atoms with Gasteiger partial charge in [-0.3, -0.25) is 4.79 Å². The SMILES string of the molecule is CC(C)(C)[Si](C)(C)OC1CC(N2CC(c3c(OCOCC[Si](C)(C)C)ccc(Cl)c3Cl)CC2=O)C1. The normalized spacial score (nSPS) is 23.5. The summed E-state index contributed by atoms with van der Waals surface area (Å²) < 4.78 is 18.3. The third-order valence-electron chi connectivity index (χ3n) is 7.73. The number of halogens is 2. The zero-order valence-corrected chi connectivity index (χ0v) is 26.2. The molecule has 0 spiro atoms. The van der Waals surface area contributed by atoms with Gasteiger partial charge in [-0.05, 0) is 49.2 Å². The van der Waals surface area contributed by atoms with Crippen LogP contribution in [0.5, 0.6) is 5.75 Å². The quantitative estimate of drug-likeness (QED) is 0.168. The van der Waals surface area contributed by atoms with Gasteiger partial charge in [-0.2, -0.15) is 0 Å². The highest BCUT2D eigenvalue weighted by molar-refractivity contribution is 6.76. The maximum Gasteiger partial charge on any atom is 0.223 e. The number of amides is 1. The van der Waals surface area contributed by atoms with E-state index in [1.54, 1.807) is 6.07 Å². The third-order valence-corrected chi connectivity index (χ3v) is 14.8. The molecule has 1 aliphatic carbocycles. The molecule has 1 aromatic carbocycles. The van der Waals surface area contributed by atoms with E-state index in [1.807, 2.05) is 11.0 Å². The van der Waals surface area contributed by atoms with Gasteiger partial charge in [-0.15, -0.1) is 0 Å². The number of hydrogen-bond donors (Lipinski definition) is 0. The summed E-state index contributed by atoms with van der Waals surface area (Å²) in [6.07, 6.45) is 2.47. The Morgan fingerprint density at radius 2 is 1.74 bits per heavy atom. The van der Waals surface area contributed by atoms with Gasteiger partial charge in [0.25, 0.3) is 0 Å². The Labute approximate surface area is 223 Å². The van der Waals surface area contributed by atoms with E-state index in [-0.39, 0.29) is 35.8 Å². The number of hydrogen-bond acceptors (Lipinski definition) is 4. The third kappa shape index (κ3) is 7.26. The topological polar surface area (TPSA) is 48.0 Å². The molecule has 1 atom stereocenters. The molecule has 35 heavy (non-hydrogen) atoms. The van der Waals surface area contributed by atoms with Crippen molar-refractivity contribution in [2.24, 2.45) is 0 Å². The van der Waals surface area contributed by atoms with Crippen LogP contribution in [0, 0.1) is 0 Å². The highest BCUT2D eigenvalue weighted by Crippen LogP contribution is 2.45. The molecular formula is C26H43Cl2NO4Si2. The Balaban J connectivity index is 1.61. The summed E-state index contributed by atoms with van der Waals surface area (Å²) in [5.41, 5.74) is 0.817. The first-order valence-electron chi connectivity index (χ1n) is 12.7. The predicted octanol–water partition coefficient (Wildman–Crippen LogP) is 7.55. The molecule has 0 aromatic heterocycles. The molecule has 1 saturated heterocycles. The van der Waals surface area contributed by atoms with Crippen LogP contribution in [0.2, 0.25) is 53.9 Å². The van der Waals surface area contributed by atoms with Gasteiger partial charge < -0.3 is 18.8 Å². The summed E-state index contributed by atoms with van der Waals surface area (Å²) in [5, 5.41) is 1.13. The standard InChI is InChI=1S/C26H43Cl2NO4Si2/c1-26(2,3)35(7,8)33-20-14-19(15-20)29-16-18(13-23(29)30)24-22(10-9-21(27)25(24)28)32-17-31-11-12-34(4,5)6/h9-10,18-20H,11-17H2,1-8H3. The monoisotopic (exact) mass is 559 g/mol. The molecule has 0 N–H and O–H groups in total. The van der Waals surface area contributed by atoms with Crippen LogP contribution in [0.15, 0.2) is 12.1 Å². The zero-order valence-electron chi connectivity index (χ0n) is 22.7. The lowest BCUT2D eigenvalue weighted by atomic mass is 9.88. The average molecular weight is 561 g/mol. The van der Waals surface area contributed by atoms with Crippen molar-refractivity contribution in [1.29, 1.82) is 0 Å². The summed E-state index contributed by atoms with van der Waals surface area (Å²) in [6, 6.07) is 4.89. The van der Waals surface area contributed by atoms with Gasteiger partial charge in [0.2, 0.25) is 5.91 Å². The summed E-state index contributed by atoms with van der Waals surface area (Å²) in [7, 11) is -2.96. The van der Waals surface area contributed by atoms with Crippen molar-refractivity contribution in [3.05, 3.63) is 27.7 Å². The lowest BCUT2D eigenvalue weighted by Gasteiger charge is -2.47. The van der Waals surface area contributed by atoms with Gasteiger partial charge in [0, 0.05) is 51.3 Å². The van der Waals surface area contributed by atoms with E-state index in [0.717, 1.165) is 24.4 Å². The molecule has 3 rings (SSSR count). The summed E-state index contributed by atoms with van der Waals surface area (Å²) >= 11 is 13.0. The van der Waals surface area contributed by atoms with Gasteiger partial charge in [0.15, 0.2) is 15.1 Å². The van der Waals surface area contributed by atoms with Crippen LogP contribution in [0.3, 0.4) is 0 Å². The number of likely N-dealkylation sites (tertiary alicyclic amines) is 1. The van der Waals surface area contributed by atoms with Crippen LogP contribution in [0.4, 0.5) is 0 Å². The number of carbonyl (C=O) groups is 1. The largest absolute Gasteiger partial charge is 0.467 e. The molecule has 0 bridgehead atoms. The van der Waals surface area contributed by atoms with Crippen molar-refractivity contribution < 1.29 is 18.7 Å². The second kappa shape index (κ2) is 11.0. The van der Waals surface area contributed by atoms with Crippen molar-refractivity contribution in [2.45, 2.75) is 102 Å². The molecule has 198 valence electrons. The van der Waals surface area contributed by atoms with Crippen LogP contribution >= 0.6 is 23.2 Å². The average Bonchev–Trinajstić information content (AvgIpc) is 3.05. The van der Waals surface area contributed by atoms with Gasteiger partial charge in [-0.1, -0.05) is 63.6 Å². The van der Waals surface area contributed by atoms with Crippen LogP contribution in [-0.2, 0) is 14.0 Å². The maximum absolute atomic E-state index is 13.0. The van der Waals surface area contributed by atoms with E-state index in [9.17, 15) is 4.79 Å². The molecule has 1 amide bonds. The van der Waals surface area contributed by atoms with E-state index in [2.05, 4.69) is 53.5 Å². The molecule has 2 aliphatic rings. The minimum atomic E-state index is -1.80. The second-order valence-electron chi connectivity index (χ2n) is 12.8. The van der Waals surface area contributed by atoms with Gasteiger partial charge >= 0.3 is 0 Å². The Kier molecular flexibility index (Phi) is 9.14. The highest BCUT2D eigenvalue weighted by Gasteiger charge is 2.46. The molecule has 1 saturated carbocycles. The van der Waals surface area contributed by atoms with Gasteiger partial charge in [-0.25, -0.2) is 0 Å². The minimum Gasteiger partial charge on any atom is -0.467 e. The molecule has 2 fully saturated rings. The van der Waals surface area contributed by atoms with Gasteiger partial charge in [0.1, 0.15) is 5.75 Å². The fraction of sp³-hybridized carbons (Fsp3) is 0.731. The first-order chi connectivity index (χ1) is 16.1. The highest BCUT2D eigenvalue weighted by atomic mass is 35.5. The zero-order chi connectivity index (χ0) is 26.2. The van der Waals surface area contributed by atoms with Gasteiger partial charge in [0.05, 0.1) is 10.0 Å². The van der Waals surface area contributed by atoms with E-state index in [4.69, 9.17) is 37.1 Å². The fourth-order valence-corrected chi connectivity index (χ4v) is 6.97. The minimum absolute atomic E-state index is 0.0500. The fourth-order valence-electron chi connectivity index (χ4n) is 4.36. The smallest absolute Gasteiger partial charge is 0.223 e. The number of nitrogens with zero attached hydrogens (tertiary/aromatic N) is 1. The molecule has 1 aromatic rings. The lowest BCUT2D eigenvalue weighted by molar-refractivity contribution is -0.133. The van der Waals surface area contributed by atoms with E-state index >= 15 is 0 Å². The molecule has 1 heterocycles. The van der Waals surface area contributed by atoms with Crippen molar-refractivity contribution in [1.82, 2.24) is 4.90 Å². The molecule has 0 radical (unpaired) electrons. The maximum atomic E-state index is 13.0. The van der Waals surface area contributed by atoms with Crippen LogP contribution < -0.4 is 4.74 Å². The molecule has 1 aliphatic heterocycles. The number of ether oxygens (including phenoxy) is 2. The summed E-state index contributed by atoms with van der Waals surface area (Å²) in [5.74, 6) is 0.769. The van der Waals surface area contributed by atoms with Crippen LogP contribution in [0.25, 0.3) is 0 Å². The predicted molar refractivity (Wildman–Crippen MR) is 150 cm³/mol. The Morgan fingerprint density at radius 3 is 2.34 bits per heavy atom. The van der Waals surface area contributed by atoms with E-state index in [0.29, 0.717) is 35.4 Å². The van der Waals surface area contributed by atoms with Crippen molar-refractivity contribution in [3.63, 3.8) is 0 Å². The molecular weight excluding hydrogens is 517 g/mol. The molecule has 9 heteroatoms. The van der Waals surface area contributed by atoms with Crippen molar-refractivity contribution in [3.8, 4) is 5.75 Å². The summed E-state index contributed by atoms with van der Waals surface area (Å²) in [4.78, 5) is 15.0. The lowest BCUT2D eigenvalue weighted by Crippen LogP contribution is -2.53. The summed E-state index contributed by atoms with van der Waals surface area (Å²) in [6.45, 7) is 19.8. The molecule has 5 nitrogen and oxygen atoms in total. The van der Waals surface area contributed by atoms with Crippen molar-refractivity contribution in [2.75, 3.05) is 19.9 Å². The van der Waals surface area contributed by atoms with E-state index < -0.39 is 16.4 Å². The van der Waals surface area contributed by atoms with Crippen LogP contribution in [-0.4, -0.2) is 59.3 Å². The Hall–Kier alpha value is -0.576. The number of rotatable bonds is 10. The number of benzene rings is 1. The second-order valence-corrected chi connectivity index (χ2v) is 24.0. The Morgan fingerprint density at radius 1 is 1.09 bits per heavy atom. The Bertz CT molecular complexity index is 908.